The van der Waals surface area contributed by atoms with Crippen LogP contribution in [0.3, 0.4) is 0 Å². The van der Waals surface area contributed by atoms with Gasteiger partial charge in [-0.05, 0) is 50.2 Å². The first-order chi connectivity index (χ1) is 13.6. The molecule has 1 aliphatic rings. The zero-order valence-corrected chi connectivity index (χ0v) is 16.6. The van der Waals surface area contributed by atoms with Gasteiger partial charge in [0.2, 0.25) is 5.91 Å². The molecule has 0 atom stereocenters. The van der Waals surface area contributed by atoms with Gasteiger partial charge in [0.15, 0.2) is 5.76 Å². The van der Waals surface area contributed by atoms with Gasteiger partial charge in [-0.1, -0.05) is 0 Å². The number of nitrogens with one attached hydrogen (secondary N) is 1. The smallest absolute Gasteiger partial charge is 0.289 e. The summed E-state index contributed by atoms with van der Waals surface area (Å²) in [5, 5.41) is 3.19. The maximum atomic E-state index is 12.5. The Labute approximate surface area is 165 Å². The number of nitrogens with zero attached hydrogens (tertiary/aromatic N) is 3. The monoisotopic (exact) mass is 384 g/mol. The normalized spacial score (nSPS) is 14.1. The van der Waals surface area contributed by atoms with E-state index in [0.717, 1.165) is 18.8 Å². The second-order valence-corrected chi connectivity index (χ2v) is 6.72. The van der Waals surface area contributed by atoms with E-state index in [-0.39, 0.29) is 18.4 Å². The van der Waals surface area contributed by atoms with Crippen molar-refractivity contribution in [3.8, 4) is 0 Å². The fourth-order valence-electron chi connectivity index (χ4n) is 3.38. The van der Waals surface area contributed by atoms with E-state index in [4.69, 9.17) is 4.42 Å². The third-order valence-electron chi connectivity index (χ3n) is 5.09. The zero-order valence-electron chi connectivity index (χ0n) is 16.6. The van der Waals surface area contributed by atoms with Crippen molar-refractivity contribution < 1.29 is 14.0 Å². The molecule has 2 amide bonds. The molecule has 0 radical (unpaired) electrons. The molecule has 28 heavy (non-hydrogen) atoms. The van der Waals surface area contributed by atoms with Crippen LogP contribution in [-0.2, 0) is 4.79 Å². The van der Waals surface area contributed by atoms with Crippen LogP contribution >= 0.6 is 0 Å². The lowest BCUT2D eigenvalue weighted by molar-refractivity contribution is -0.130. The van der Waals surface area contributed by atoms with Gasteiger partial charge in [0.05, 0.1) is 12.8 Å². The highest BCUT2D eigenvalue weighted by Gasteiger charge is 2.25. The summed E-state index contributed by atoms with van der Waals surface area (Å²) in [7, 11) is 0. The molecule has 2 heterocycles. The van der Waals surface area contributed by atoms with Crippen molar-refractivity contribution in [2.24, 2.45) is 0 Å². The number of hydrogen-bond acceptors (Lipinski definition) is 5. The fraction of sp³-hybridized carbons (Fsp3) is 0.429. The molecule has 0 saturated carbocycles. The SMILES string of the molecule is CCN(CC)c1ccc(NCC(=O)N2CCN(C(=O)c3ccco3)CC2)cc1. The maximum Gasteiger partial charge on any atom is 0.289 e. The van der Waals surface area contributed by atoms with Crippen molar-refractivity contribution in [2.45, 2.75) is 13.8 Å². The number of anilines is 2. The summed E-state index contributed by atoms with van der Waals surface area (Å²) in [6.07, 6.45) is 1.49. The Hall–Kier alpha value is -2.96. The topological polar surface area (TPSA) is 69.0 Å². The van der Waals surface area contributed by atoms with E-state index in [1.165, 1.54) is 12.0 Å². The van der Waals surface area contributed by atoms with Crippen LogP contribution in [0.15, 0.2) is 47.1 Å². The second-order valence-electron chi connectivity index (χ2n) is 6.72. The van der Waals surface area contributed by atoms with Crippen molar-refractivity contribution in [3.63, 3.8) is 0 Å². The van der Waals surface area contributed by atoms with Crippen LogP contribution in [0.1, 0.15) is 24.4 Å². The third-order valence-corrected chi connectivity index (χ3v) is 5.09. The summed E-state index contributed by atoms with van der Waals surface area (Å²) in [5.41, 5.74) is 2.11. The van der Waals surface area contributed by atoms with Crippen LogP contribution in [0.25, 0.3) is 0 Å². The molecule has 3 rings (SSSR count). The molecule has 7 nitrogen and oxygen atoms in total. The van der Waals surface area contributed by atoms with E-state index in [1.54, 1.807) is 21.9 Å². The van der Waals surface area contributed by atoms with Gasteiger partial charge in [-0.15, -0.1) is 0 Å². The van der Waals surface area contributed by atoms with Gasteiger partial charge in [0.25, 0.3) is 5.91 Å². The molecule has 0 unspecified atom stereocenters. The first kappa shape index (κ1) is 19.8. The van der Waals surface area contributed by atoms with Gasteiger partial charge >= 0.3 is 0 Å². The number of carbonyl (C=O) groups excluding carboxylic acids is 2. The van der Waals surface area contributed by atoms with Crippen LogP contribution in [0.2, 0.25) is 0 Å². The zero-order chi connectivity index (χ0) is 19.9. The van der Waals surface area contributed by atoms with Crippen LogP contribution < -0.4 is 10.2 Å². The number of furan rings is 1. The van der Waals surface area contributed by atoms with E-state index in [2.05, 4.69) is 36.2 Å². The molecule has 0 spiro atoms. The van der Waals surface area contributed by atoms with Crippen LogP contribution in [-0.4, -0.2) is 67.4 Å². The fourth-order valence-corrected chi connectivity index (χ4v) is 3.38. The summed E-state index contributed by atoms with van der Waals surface area (Å²) >= 11 is 0. The number of amides is 2. The van der Waals surface area contributed by atoms with Crippen LogP contribution in [0, 0.1) is 0 Å². The molecule has 1 aromatic heterocycles. The van der Waals surface area contributed by atoms with Crippen molar-refractivity contribution >= 4 is 23.2 Å². The quantitative estimate of drug-likeness (QED) is 0.794. The van der Waals surface area contributed by atoms with E-state index in [9.17, 15) is 9.59 Å². The van der Waals surface area contributed by atoms with E-state index < -0.39 is 0 Å². The third kappa shape index (κ3) is 4.65. The number of rotatable bonds is 7. The van der Waals surface area contributed by atoms with Gasteiger partial charge in [0, 0.05) is 50.6 Å². The molecule has 7 heteroatoms. The Kier molecular flexibility index (Phi) is 6.57. The molecule has 2 aromatic rings. The standard InChI is InChI=1S/C21H28N4O3/c1-3-23(4-2)18-9-7-17(8-10-18)22-16-20(26)24-11-13-25(14-12-24)21(27)19-6-5-15-28-19/h5-10,15,22H,3-4,11-14,16H2,1-2H3. The van der Waals surface area contributed by atoms with Gasteiger partial charge in [0.1, 0.15) is 0 Å². The Morgan fingerprint density at radius 3 is 2.21 bits per heavy atom. The Bertz CT molecular complexity index is 761. The van der Waals surface area contributed by atoms with Crippen molar-refractivity contribution in [2.75, 3.05) is 56.0 Å². The molecule has 1 saturated heterocycles. The highest BCUT2D eigenvalue weighted by atomic mass is 16.3. The Morgan fingerprint density at radius 1 is 1.00 bits per heavy atom. The second kappa shape index (κ2) is 9.30. The largest absolute Gasteiger partial charge is 0.459 e. The number of carbonyl (C=O) groups is 2. The van der Waals surface area contributed by atoms with Gasteiger partial charge in [-0.2, -0.15) is 0 Å². The predicted molar refractivity (Wildman–Crippen MR) is 110 cm³/mol. The molecule has 1 fully saturated rings. The Morgan fingerprint density at radius 2 is 1.64 bits per heavy atom. The highest BCUT2D eigenvalue weighted by Crippen LogP contribution is 2.17. The molecular formula is C21H28N4O3. The molecular weight excluding hydrogens is 356 g/mol. The van der Waals surface area contributed by atoms with Crippen molar-refractivity contribution in [3.05, 3.63) is 48.4 Å². The summed E-state index contributed by atoms with van der Waals surface area (Å²) in [4.78, 5) is 30.6. The van der Waals surface area contributed by atoms with Crippen LogP contribution in [0.5, 0.6) is 0 Å². The summed E-state index contributed by atoms with van der Waals surface area (Å²) in [5.74, 6) is 0.260. The van der Waals surface area contributed by atoms with E-state index in [0.29, 0.717) is 31.9 Å². The molecule has 150 valence electrons. The minimum atomic E-state index is -0.122. The highest BCUT2D eigenvalue weighted by molar-refractivity contribution is 5.91. The molecule has 1 aliphatic heterocycles. The maximum absolute atomic E-state index is 12.5. The van der Waals surface area contributed by atoms with Crippen molar-refractivity contribution in [1.82, 2.24) is 9.80 Å². The number of piperazine rings is 1. The lowest BCUT2D eigenvalue weighted by Gasteiger charge is -2.34. The molecule has 1 N–H and O–H groups in total. The van der Waals surface area contributed by atoms with E-state index >= 15 is 0 Å². The van der Waals surface area contributed by atoms with Gasteiger partial charge in [-0.3, -0.25) is 9.59 Å². The lowest BCUT2D eigenvalue weighted by Crippen LogP contribution is -2.51. The average Bonchev–Trinajstić information content (AvgIpc) is 3.28. The lowest BCUT2D eigenvalue weighted by atomic mass is 10.2. The van der Waals surface area contributed by atoms with Crippen molar-refractivity contribution in [1.29, 1.82) is 0 Å². The number of benzene rings is 1. The molecule has 0 aliphatic carbocycles. The minimum Gasteiger partial charge on any atom is -0.459 e. The van der Waals surface area contributed by atoms with Gasteiger partial charge < -0.3 is 24.4 Å². The van der Waals surface area contributed by atoms with Gasteiger partial charge in [-0.25, -0.2) is 0 Å². The Balaban J connectivity index is 1.45. The predicted octanol–water partition coefficient (Wildman–Crippen LogP) is 2.52. The number of hydrogen-bond donors (Lipinski definition) is 1. The average molecular weight is 384 g/mol. The summed E-state index contributed by atoms with van der Waals surface area (Å²) in [6, 6.07) is 11.5. The first-order valence-electron chi connectivity index (χ1n) is 9.81. The van der Waals surface area contributed by atoms with Crippen LogP contribution in [0.4, 0.5) is 11.4 Å². The summed E-state index contributed by atoms with van der Waals surface area (Å²) < 4.78 is 5.16. The summed E-state index contributed by atoms with van der Waals surface area (Å²) in [6.45, 7) is 8.56. The molecule has 0 bridgehead atoms. The molecule has 1 aromatic carbocycles. The van der Waals surface area contributed by atoms with E-state index in [1.807, 2.05) is 12.1 Å². The first-order valence-corrected chi connectivity index (χ1v) is 9.81. The minimum absolute atomic E-state index is 0.0397.